The van der Waals surface area contributed by atoms with Gasteiger partial charge < -0.3 is 14.0 Å². The van der Waals surface area contributed by atoms with Gasteiger partial charge in [0.2, 0.25) is 0 Å². The molecule has 1 aromatic heterocycles. The Labute approximate surface area is 151 Å². The number of amides is 1. The smallest absolute Gasteiger partial charge is 0.313 e. The van der Waals surface area contributed by atoms with E-state index in [9.17, 15) is 9.59 Å². The van der Waals surface area contributed by atoms with Crippen molar-refractivity contribution in [1.29, 1.82) is 0 Å². The summed E-state index contributed by atoms with van der Waals surface area (Å²) in [4.78, 5) is 31.7. The first-order chi connectivity index (χ1) is 11.6. The van der Waals surface area contributed by atoms with E-state index in [1.54, 1.807) is 7.11 Å². The molecule has 1 saturated carbocycles. The topological polar surface area (TPSA) is 69.9 Å². The lowest BCUT2D eigenvalue weighted by atomic mass is 9.66. The van der Waals surface area contributed by atoms with E-state index in [1.807, 2.05) is 39.2 Å². The molecule has 2 fully saturated rings. The molecule has 6 nitrogen and oxygen atoms in total. The first kappa shape index (κ1) is 18.3. The first-order valence-corrected chi connectivity index (χ1v) is 9.41. The maximum atomic E-state index is 13.2. The Bertz CT molecular complexity index is 806. The van der Waals surface area contributed by atoms with Crippen LogP contribution in [-0.4, -0.2) is 35.8 Å². The largest absolute Gasteiger partial charge is 0.448 e. The lowest BCUT2D eigenvalue weighted by Crippen LogP contribution is -2.47. The molecule has 2 atom stereocenters. The van der Waals surface area contributed by atoms with Gasteiger partial charge in [-0.1, -0.05) is 13.8 Å². The minimum Gasteiger partial charge on any atom is -0.448 e. The molecular weight excluding hydrogens is 340 g/mol. The number of carbonyl (C=O) groups is 2. The second kappa shape index (κ2) is 5.77. The summed E-state index contributed by atoms with van der Waals surface area (Å²) in [5, 5.41) is 0. The molecule has 1 amide bonds. The number of aryl methyl sites for hydroxylation is 1. The van der Waals surface area contributed by atoms with Crippen LogP contribution in [0.4, 0.5) is 0 Å². The number of aromatic nitrogens is 1. The molecule has 1 saturated heterocycles. The number of thiazole rings is 1. The Kier molecular flexibility index (Phi) is 4.23. The van der Waals surface area contributed by atoms with Gasteiger partial charge in [0.15, 0.2) is 10.4 Å². The third-order valence-corrected chi connectivity index (χ3v) is 7.63. The second-order valence-electron chi connectivity index (χ2n) is 7.76. The maximum absolute atomic E-state index is 13.2. The number of methoxy groups -OCH3 is 1. The molecule has 2 bridgehead atoms. The zero-order valence-electron chi connectivity index (χ0n) is 15.8. The van der Waals surface area contributed by atoms with E-state index in [-0.39, 0.29) is 11.9 Å². The number of hydrogen-bond donors (Lipinski definition) is 0. The summed E-state index contributed by atoms with van der Waals surface area (Å²) in [7, 11) is 1.65. The molecule has 0 aromatic carbocycles. The number of esters is 1. The van der Waals surface area contributed by atoms with E-state index in [4.69, 9.17) is 9.47 Å². The van der Waals surface area contributed by atoms with Gasteiger partial charge >= 0.3 is 5.97 Å². The molecule has 138 valence electrons. The minimum absolute atomic E-state index is 0.280. The Morgan fingerprint density at radius 2 is 2.00 bits per heavy atom. The van der Waals surface area contributed by atoms with E-state index >= 15 is 0 Å². The van der Waals surface area contributed by atoms with Crippen LogP contribution in [0.2, 0.25) is 0 Å². The average molecular weight is 366 g/mol. The van der Waals surface area contributed by atoms with Gasteiger partial charge in [-0.05, 0) is 33.6 Å². The van der Waals surface area contributed by atoms with E-state index in [0.717, 1.165) is 10.6 Å². The predicted molar refractivity (Wildman–Crippen MR) is 94.2 cm³/mol. The highest BCUT2D eigenvalue weighted by Crippen LogP contribution is 2.65. The number of nitrogens with zero attached hydrogens (tertiary/aromatic N) is 2. The molecule has 0 spiro atoms. The highest BCUT2D eigenvalue weighted by atomic mass is 32.1. The molecule has 0 radical (unpaired) electrons. The van der Waals surface area contributed by atoms with Crippen LogP contribution in [0.15, 0.2) is 4.99 Å². The summed E-state index contributed by atoms with van der Waals surface area (Å²) in [5.74, 6) is -0.627. The molecule has 3 rings (SSSR count). The fourth-order valence-corrected chi connectivity index (χ4v) is 5.03. The fourth-order valence-electron chi connectivity index (χ4n) is 4.03. The monoisotopic (exact) mass is 366 g/mol. The maximum Gasteiger partial charge on any atom is 0.313 e. The second-order valence-corrected chi connectivity index (χ2v) is 8.94. The Morgan fingerprint density at radius 1 is 1.32 bits per heavy atom. The molecular formula is C18H26N2O4S. The van der Waals surface area contributed by atoms with E-state index in [0.29, 0.717) is 30.8 Å². The molecule has 25 heavy (non-hydrogen) atoms. The Hall–Kier alpha value is -1.47. The van der Waals surface area contributed by atoms with Crippen molar-refractivity contribution >= 4 is 23.2 Å². The highest BCUT2D eigenvalue weighted by molar-refractivity contribution is 7.09. The summed E-state index contributed by atoms with van der Waals surface area (Å²) in [6.07, 6.45) is 1.19. The SMILES string of the molecule is COCCn1c(C)c(C)sc1=NC(=O)[C@]12CC[C@](C)(C(=O)O1)C2(C)C. The minimum atomic E-state index is -1.15. The summed E-state index contributed by atoms with van der Waals surface area (Å²) < 4.78 is 12.8. The number of rotatable bonds is 4. The van der Waals surface area contributed by atoms with Crippen LogP contribution < -0.4 is 4.80 Å². The van der Waals surface area contributed by atoms with Gasteiger partial charge in [0.05, 0.1) is 12.0 Å². The van der Waals surface area contributed by atoms with Gasteiger partial charge in [-0.25, -0.2) is 0 Å². The molecule has 7 heteroatoms. The molecule has 0 unspecified atom stereocenters. The van der Waals surface area contributed by atoms with Crippen molar-refractivity contribution in [2.24, 2.45) is 15.8 Å². The molecule has 1 aliphatic heterocycles. The van der Waals surface area contributed by atoms with Crippen molar-refractivity contribution in [3.8, 4) is 0 Å². The normalized spacial score (nSPS) is 30.8. The van der Waals surface area contributed by atoms with Crippen LogP contribution in [0.25, 0.3) is 0 Å². The summed E-state index contributed by atoms with van der Waals surface area (Å²) in [6.45, 7) is 11.0. The fraction of sp³-hybridized carbons (Fsp3) is 0.722. The lowest BCUT2D eigenvalue weighted by Gasteiger charge is -2.33. The molecule has 0 N–H and O–H groups in total. The summed E-state index contributed by atoms with van der Waals surface area (Å²) >= 11 is 1.48. The number of hydrogen-bond acceptors (Lipinski definition) is 5. The first-order valence-electron chi connectivity index (χ1n) is 8.59. The van der Waals surface area contributed by atoms with Crippen LogP contribution >= 0.6 is 11.3 Å². The third-order valence-electron chi connectivity index (χ3n) is 6.53. The van der Waals surface area contributed by atoms with Crippen molar-refractivity contribution in [2.75, 3.05) is 13.7 Å². The van der Waals surface area contributed by atoms with Crippen molar-refractivity contribution in [1.82, 2.24) is 4.57 Å². The quantitative estimate of drug-likeness (QED) is 0.767. The zero-order chi connectivity index (χ0) is 18.6. The van der Waals surface area contributed by atoms with Crippen LogP contribution in [0.5, 0.6) is 0 Å². The number of ether oxygens (including phenoxy) is 2. The van der Waals surface area contributed by atoms with Crippen molar-refractivity contribution < 1.29 is 19.1 Å². The van der Waals surface area contributed by atoms with Gasteiger partial charge in [0, 0.05) is 29.6 Å². The zero-order valence-corrected chi connectivity index (χ0v) is 16.6. The van der Waals surface area contributed by atoms with Crippen LogP contribution in [0, 0.1) is 24.7 Å². The van der Waals surface area contributed by atoms with Gasteiger partial charge in [-0.2, -0.15) is 4.99 Å². The summed E-state index contributed by atoms with van der Waals surface area (Å²) in [5.41, 5.74) is -1.27. The van der Waals surface area contributed by atoms with Crippen molar-refractivity contribution in [3.63, 3.8) is 0 Å². The standard InChI is InChI=1S/C18H26N2O4S/c1-11-12(2)25-15(20(11)9-10-23-6)19-13(21)18-8-7-17(5,14(22)24-18)16(18,3)4/h7-10H2,1-6H3/t17-,18+/m1/s1. The van der Waals surface area contributed by atoms with Crippen molar-refractivity contribution in [3.05, 3.63) is 15.4 Å². The van der Waals surface area contributed by atoms with E-state index in [1.165, 1.54) is 11.3 Å². The number of fused-ring (bicyclic) bond motifs is 2. The lowest BCUT2D eigenvalue weighted by molar-refractivity contribution is -0.166. The molecule has 2 heterocycles. The molecule has 2 aliphatic rings. The van der Waals surface area contributed by atoms with Crippen molar-refractivity contribution in [2.45, 2.75) is 59.6 Å². The predicted octanol–water partition coefficient (Wildman–Crippen LogP) is 2.36. The van der Waals surface area contributed by atoms with Gasteiger partial charge in [-0.15, -0.1) is 11.3 Å². The van der Waals surface area contributed by atoms with E-state index < -0.39 is 16.4 Å². The Morgan fingerprint density at radius 3 is 2.52 bits per heavy atom. The third kappa shape index (κ3) is 2.28. The van der Waals surface area contributed by atoms with Gasteiger partial charge in [0.25, 0.3) is 5.91 Å². The van der Waals surface area contributed by atoms with Crippen LogP contribution in [-0.2, 0) is 25.6 Å². The van der Waals surface area contributed by atoms with E-state index in [2.05, 4.69) is 4.99 Å². The Balaban J connectivity index is 2.05. The van der Waals surface area contributed by atoms with Gasteiger partial charge in [-0.3, -0.25) is 9.59 Å². The van der Waals surface area contributed by atoms with Crippen LogP contribution in [0.1, 0.15) is 44.2 Å². The highest BCUT2D eigenvalue weighted by Gasteiger charge is 2.75. The van der Waals surface area contributed by atoms with Gasteiger partial charge in [0.1, 0.15) is 0 Å². The van der Waals surface area contributed by atoms with Crippen LogP contribution in [0.3, 0.4) is 0 Å². The molecule has 1 aromatic rings. The summed E-state index contributed by atoms with van der Waals surface area (Å²) in [6, 6.07) is 0. The molecule has 1 aliphatic carbocycles. The average Bonchev–Trinajstić information content (AvgIpc) is 2.98. The number of carbonyl (C=O) groups excluding carboxylic acids is 2.